The summed E-state index contributed by atoms with van der Waals surface area (Å²) in [6.45, 7) is 0. The molecule has 4 nitrogen and oxygen atoms in total. The van der Waals surface area contributed by atoms with E-state index in [1.807, 2.05) is 97.1 Å². The first kappa shape index (κ1) is 17.9. The van der Waals surface area contributed by atoms with E-state index in [2.05, 4.69) is 0 Å². The number of benzene rings is 5. The minimum Gasteiger partial charge on any atom is -0.456 e. The Labute approximate surface area is 174 Å². The molecule has 5 aromatic rings. The first-order valence-electron chi connectivity index (χ1n) is 9.69. The van der Waals surface area contributed by atoms with Crippen LogP contribution in [0, 0.1) is 0 Å². The van der Waals surface area contributed by atoms with Gasteiger partial charge in [-0.3, -0.25) is 0 Å². The van der Waals surface area contributed by atoms with Crippen molar-refractivity contribution in [1.82, 2.24) is 0 Å². The number of hydrogen-bond donors (Lipinski definition) is 2. The van der Waals surface area contributed by atoms with Crippen molar-refractivity contribution in [2.24, 2.45) is 0 Å². The van der Waals surface area contributed by atoms with Gasteiger partial charge in [-0.25, -0.2) is 0 Å². The standard InChI is InChI=1S/C26H20N2O2/c27-17-9-13-19(14-10-17)29-25-21-5-1-2-6-22(21)26(24-8-4-3-7-23(24)25)30-20-15-11-18(28)12-16-20/h1-16H,27-28H2. The van der Waals surface area contributed by atoms with Crippen LogP contribution in [0.15, 0.2) is 97.1 Å². The SMILES string of the molecule is Nc1ccc(Oc2c3ccccc3c(Oc3ccc(N)cc3)c3ccccc23)cc1. The van der Waals surface area contributed by atoms with Crippen LogP contribution >= 0.6 is 0 Å². The highest BCUT2D eigenvalue weighted by Crippen LogP contribution is 2.45. The van der Waals surface area contributed by atoms with Gasteiger partial charge in [-0.15, -0.1) is 0 Å². The maximum absolute atomic E-state index is 6.35. The quantitative estimate of drug-likeness (QED) is 0.262. The predicted molar refractivity (Wildman–Crippen MR) is 123 cm³/mol. The fraction of sp³-hybridized carbons (Fsp3) is 0. The first-order valence-corrected chi connectivity index (χ1v) is 9.69. The average Bonchev–Trinajstić information content (AvgIpc) is 2.78. The van der Waals surface area contributed by atoms with Crippen molar-refractivity contribution >= 4 is 32.9 Å². The molecule has 0 amide bonds. The summed E-state index contributed by atoms with van der Waals surface area (Å²) in [5.74, 6) is 3.03. The van der Waals surface area contributed by atoms with Gasteiger partial charge in [-0.05, 0) is 48.5 Å². The number of nitrogens with two attached hydrogens (primary N) is 2. The van der Waals surface area contributed by atoms with Crippen LogP contribution in [0.2, 0.25) is 0 Å². The minimum absolute atomic E-state index is 0.698. The third kappa shape index (κ3) is 3.25. The van der Waals surface area contributed by atoms with Crippen LogP contribution < -0.4 is 20.9 Å². The summed E-state index contributed by atoms with van der Waals surface area (Å²) in [7, 11) is 0. The topological polar surface area (TPSA) is 70.5 Å². The van der Waals surface area contributed by atoms with E-state index in [0.29, 0.717) is 11.4 Å². The molecule has 0 spiro atoms. The van der Waals surface area contributed by atoms with Crippen LogP contribution in [-0.2, 0) is 0 Å². The molecule has 0 aliphatic heterocycles. The van der Waals surface area contributed by atoms with E-state index in [-0.39, 0.29) is 0 Å². The fourth-order valence-electron chi connectivity index (χ4n) is 3.58. The van der Waals surface area contributed by atoms with Gasteiger partial charge in [0.2, 0.25) is 0 Å². The molecule has 0 aromatic heterocycles. The first-order chi connectivity index (χ1) is 14.7. The number of anilines is 2. The molecular formula is C26H20N2O2. The maximum atomic E-state index is 6.35. The van der Waals surface area contributed by atoms with Crippen molar-refractivity contribution in [3.05, 3.63) is 97.1 Å². The molecular weight excluding hydrogens is 372 g/mol. The molecule has 0 fully saturated rings. The highest BCUT2D eigenvalue weighted by Gasteiger charge is 2.17. The molecule has 146 valence electrons. The van der Waals surface area contributed by atoms with Crippen molar-refractivity contribution in [3.8, 4) is 23.0 Å². The van der Waals surface area contributed by atoms with Gasteiger partial charge in [-0.1, -0.05) is 48.5 Å². The molecule has 0 aliphatic rings. The number of hydrogen-bond acceptors (Lipinski definition) is 4. The predicted octanol–water partition coefficient (Wildman–Crippen LogP) is 6.74. The Balaban J connectivity index is 1.73. The van der Waals surface area contributed by atoms with E-state index in [1.54, 1.807) is 0 Å². The summed E-state index contributed by atoms with van der Waals surface area (Å²) < 4.78 is 12.7. The molecule has 4 heteroatoms. The molecule has 4 N–H and O–H groups in total. The Hall–Kier alpha value is -4.18. The van der Waals surface area contributed by atoms with Crippen molar-refractivity contribution in [2.45, 2.75) is 0 Å². The molecule has 0 heterocycles. The Bertz CT molecular complexity index is 1180. The number of fused-ring (bicyclic) bond motifs is 2. The van der Waals surface area contributed by atoms with E-state index in [1.165, 1.54) is 0 Å². The molecule has 0 bridgehead atoms. The number of ether oxygens (including phenoxy) is 2. The van der Waals surface area contributed by atoms with Gasteiger partial charge in [0, 0.05) is 32.9 Å². The van der Waals surface area contributed by atoms with Gasteiger partial charge in [0.15, 0.2) is 0 Å². The number of nitrogen functional groups attached to an aromatic ring is 2. The highest BCUT2D eigenvalue weighted by atomic mass is 16.5. The number of rotatable bonds is 4. The zero-order valence-corrected chi connectivity index (χ0v) is 16.2. The van der Waals surface area contributed by atoms with Crippen molar-refractivity contribution < 1.29 is 9.47 Å². The zero-order valence-electron chi connectivity index (χ0n) is 16.2. The van der Waals surface area contributed by atoms with Gasteiger partial charge in [0.05, 0.1) is 0 Å². The molecule has 5 rings (SSSR count). The molecule has 0 atom stereocenters. The van der Waals surface area contributed by atoms with Crippen LogP contribution in [0.4, 0.5) is 11.4 Å². The van der Waals surface area contributed by atoms with E-state index >= 15 is 0 Å². The Morgan fingerprint density at radius 3 is 1.00 bits per heavy atom. The second-order valence-electron chi connectivity index (χ2n) is 7.09. The monoisotopic (exact) mass is 392 g/mol. The summed E-state index contributed by atoms with van der Waals surface area (Å²) in [6.07, 6.45) is 0. The summed E-state index contributed by atoms with van der Waals surface area (Å²) in [5.41, 5.74) is 13.0. The van der Waals surface area contributed by atoms with Crippen molar-refractivity contribution in [1.29, 1.82) is 0 Å². The lowest BCUT2D eigenvalue weighted by molar-refractivity contribution is 0.486. The third-order valence-electron chi connectivity index (χ3n) is 5.03. The van der Waals surface area contributed by atoms with Crippen LogP contribution in [0.3, 0.4) is 0 Å². The van der Waals surface area contributed by atoms with Crippen molar-refractivity contribution in [3.63, 3.8) is 0 Å². The van der Waals surface area contributed by atoms with Gasteiger partial charge >= 0.3 is 0 Å². The molecule has 0 aliphatic carbocycles. The third-order valence-corrected chi connectivity index (χ3v) is 5.03. The Morgan fingerprint density at radius 1 is 0.400 bits per heavy atom. The lowest BCUT2D eigenvalue weighted by atomic mass is 10.0. The lowest BCUT2D eigenvalue weighted by Gasteiger charge is -2.17. The average molecular weight is 392 g/mol. The smallest absolute Gasteiger partial charge is 0.143 e. The van der Waals surface area contributed by atoms with Gasteiger partial charge in [0.25, 0.3) is 0 Å². The van der Waals surface area contributed by atoms with E-state index in [0.717, 1.165) is 44.5 Å². The lowest BCUT2D eigenvalue weighted by Crippen LogP contribution is -1.93. The molecule has 0 saturated carbocycles. The van der Waals surface area contributed by atoms with Crippen LogP contribution in [0.5, 0.6) is 23.0 Å². The van der Waals surface area contributed by atoms with E-state index < -0.39 is 0 Å². The van der Waals surface area contributed by atoms with E-state index in [9.17, 15) is 0 Å². The highest BCUT2D eigenvalue weighted by molar-refractivity contribution is 6.11. The normalized spacial score (nSPS) is 10.9. The van der Waals surface area contributed by atoms with Gasteiger partial charge < -0.3 is 20.9 Å². The Kier molecular flexibility index (Phi) is 4.37. The summed E-state index contributed by atoms with van der Waals surface area (Å²) in [6, 6.07) is 31.0. The molecule has 0 unspecified atom stereocenters. The van der Waals surface area contributed by atoms with Gasteiger partial charge in [-0.2, -0.15) is 0 Å². The second-order valence-corrected chi connectivity index (χ2v) is 7.09. The molecule has 0 radical (unpaired) electrons. The van der Waals surface area contributed by atoms with Crippen LogP contribution in [0.1, 0.15) is 0 Å². The summed E-state index contributed by atoms with van der Waals surface area (Å²) in [5, 5.41) is 3.88. The van der Waals surface area contributed by atoms with Crippen LogP contribution in [0.25, 0.3) is 21.5 Å². The molecule has 5 aromatic carbocycles. The molecule has 0 saturated heterocycles. The summed E-state index contributed by atoms with van der Waals surface area (Å²) >= 11 is 0. The Morgan fingerprint density at radius 2 is 0.700 bits per heavy atom. The minimum atomic E-state index is 0.698. The second kappa shape index (κ2) is 7.33. The van der Waals surface area contributed by atoms with Crippen LogP contribution in [-0.4, -0.2) is 0 Å². The molecule has 30 heavy (non-hydrogen) atoms. The fourth-order valence-corrected chi connectivity index (χ4v) is 3.58. The maximum Gasteiger partial charge on any atom is 0.143 e. The van der Waals surface area contributed by atoms with Gasteiger partial charge in [0.1, 0.15) is 23.0 Å². The zero-order chi connectivity index (χ0) is 20.5. The van der Waals surface area contributed by atoms with E-state index in [4.69, 9.17) is 20.9 Å². The summed E-state index contributed by atoms with van der Waals surface area (Å²) in [4.78, 5) is 0. The van der Waals surface area contributed by atoms with Crippen molar-refractivity contribution in [2.75, 3.05) is 11.5 Å². The largest absolute Gasteiger partial charge is 0.456 e.